The molecule has 1 aromatic carbocycles. The third-order valence-corrected chi connectivity index (χ3v) is 3.15. The lowest BCUT2D eigenvalue weighted by atomic mass is 10.2. The molecule has 0 saturated heterocycles. The largest absolute Gasteiger partial charge is 0.369 e. The second-order valence-electron chi connectivity index (χ2n) is 5.25. The highest BCUT2D eigenvalue weighted by atomic mass is 16.1. The van der Waals surface area contributed by atoms with E-state index in [0.29, 0.717) is 12.6 Å². The van der Waals surface area contributed by atoms with E-state index in [1.165, 1.54) is 5.56 Å². The Morgan fingerprint density at radius 1 is 1.21 bits per heavy atom. The topological polar surface area (TPSA) is 49.6 Å². The molecule has 0 fully saturated rings. The van der Waals surface area contributed by atoms with E-state index < -0.39 is 0 Å². The molecule has 0 heterocycles. The van der Waals surface area contributed by atoms with Crippen molar-refractivity contribution in [3.8, 4) is 0 Å². The maximum atomic E-state index is 11.0. The van der Waals surface area contributed by atoms with Crippen LogP contribution >= 0.6 is 0 Å². The van der Waals surface area contributed by atoms with Gasteiger partial charge in [0.2, 0.25) is 5.91 Å². The van der Waals surface area contributed by atoms with E-state index in [4.69, 9.17) is 5.73 Å². The van der Waals surface area contributed by atoms with Crippen LogP contribution in [-0.4, -0.2) is 48.4 Å². The lowest BCUT2D eigenvalue weighted by Gasteiger charge is -2.27. The Kier molecular flexibility index (Phi) is 6.53. The molecule has 4 nitrogen and oxygen atoms in total. The van der Waals surface area contributed by atoms with Crippen LogP contribution in [0, 0.1) is 0 Å². The molecule has 1 rings (SSSR count). The normalized spacial score (nSPS) is 11.5. The molecule has 0 saturated carbocycles. The summed E-state index contributed by atoms with van der Waals surface area (Å²) in [4.78, 5) is 15.4. The summed E-state index contributed by atoms with van der Waals surface area (Å²) in [6.45, 7) is 7.19. The Hall–Kier alpha value is -1.39. The van der Waals surface area contributed by atoms with Crippen molar-refractivity contribution >= 4 is 5.91 Å². The highest BCUT2D eigenvalue weighted by Crippen LogP contribution is 2.03. The van der Waals surface area contributed by atoms with E-state index in [0.717, 1.165) is 19.6 Å². The van der Waals surface area contributed by atoms with Crippen LogP contribution in [0.5, 0.6) is 0 Å². The minimum atomic E-state index is -0.264. The van der Waals surface area contributed by atoms with Gasteiger partial charge in [0.1, 0.15) is 0 Å². The molecule has 0 aliphatic carbocycles. The fourth-order valence-corrected chi connectivity index (χ4v) is 1.99. The number of carbonyl (C=O) groups is 1. The first-order valence-electron chi connectivity index (χ1n) is 6.74. The molecule has 0 spiro atoms. The quantitative estimate of drug-likeness (QED) is 0.769. The van der Waals surface area contributed by atoms with Gasteiger partial charge in [-0.05, 0) is 26.5 Å². The third-order valence-electron chi connectivity index (χ3n) is 3.15. The fourth-order valence-electron chi connectivity index (χ4n) is 1.99. The summed E-state index contributed by atoms with van der Waals surface area (Å²) in [5.41, 5.74) is 6.57. The number of primary amides is 1. The predicted octanol–water partition coefficient (Wildman–Crippen LogP) is 1.31. The minimum absolute atomic E-state index is 0.264. The van der Waals surface area contributed by atoms with E-state index in [1.807, 2.05) is 6.07 Å². The van der Waals surface area contributed by atoms with Gasteiger partial charge in [-0.25, -0.2) is 0 Å². The number of nitrogens with zero attached hydrogens (tertiary/aromatic N) is 2. The van der Waals surface area contributed by atoms with Crippen molar-refractivity contribution in [1.29, 1.82) is 0 Å². The van der Waals surface area contributed by atoms with Gasteiger partial charge in [0.05, 0.1) is 6.54 Å². The van der Waals surface area contributed by atoms with Crippen molar-refractivity contribution in [2.24, 2.45) is 5.73 Å². The molecule has 4 heteroatoms. The number of amides is 1. The van der Waals surface area contributed by atoms with Crippen LogP contribution in [0.3, 0.4) is 0 Å². The second kappa shape index (κ2) is 7.92. The first kappa shape index (κ1) is 15.7. The molecule has 0 aromatic heterocycles. The molecular formula is C15H25N3O. The number of carbonyl (C=O) groups excluding carboxylic acids is 1. The molecule has 0 atom stereocenters. The van der Waals surface area contributed by atoms with Crippen molar-refractivity contribution in [2.75, 3.05) is 26.7 Å². The summed E-state index contributed by atoms with van der Waals surface area (Å²) in [5, 5.41) is 0. The van der Waals surface area contributed by atoms with Gasteiger partial charge in [-0.2, -0.15) is 0 Å². The van der Waals surface area contributed by atoms with Gasteiger partial charge >= 0.3 is 0 Å². The van der Waals surface area contributed by atoms with E-state index in [2.05, 4.69) is 55.0 Å². The molecule has 0 bridgehead atoms. The van der Waals surface area contributed by atoms with E-state index in [-0.39, 0.29) is 5.91 Å². The van der Waals surface area contributed by atoms with Crippen LogP contribution in [-0.2, 0) is 11.3 Å². The average molecular weight is 263 g/mol. The fraction of sp³-hybridized carbons (Fsp3) is 0.533. The zero-order valence-electron chi connectivity index (χ0n) is 12.2. The second-order valence-corrected chi connectivity index (χ2v) is 5.25. The minimum Gasteiger partial charge on any atom is -0.369 e. The first-order valence-corrected chi connectivity index (χ1v) is 6.74. The molecule has 1 aromatic rings. The Balaban J connectivity index is 2.39. The van der Waals surface area contributed by atoms with Crippen LogP contribution in [0.1, 0.15) is 19.4 Å². The molecule has 19 heavy (non-hydrogen) atoms. The van der Waals surface area contributed by atoms with Crippen LogP contribution in [0.15, 0.2) is 30.3 Å². The molecule has 0 aliphatic heterocycles. The van der Waals surface area contributed by atoms with Gasteiger partial charge in [-0.1, -0.05) is 30.3 Å². The van der Waals surface area contributed by atoms with E-state index >= 15 is 0 Å². The molecule has 2 N–H and O–H groups in total. The smallest absolute Gasteiger partial charge is 0.231 e. The lowest BCUT2D eigenvalue weighted by molar-refractivity contribution is -0.119. The molecule has 106 valence electrons. The highest BCUT2D eigenvalue weighted by molar-refractivity contribution is 5.75. The Morgan fingerprint density at radius 2 is 1.84 bits per heavy atom. The van der Waals surface area contributed by atoms with Gasteiger partial charge in [0.15, 0.2) is 0 Å². The standard InChI is InChI=1S/C15H25N3O/c1-13(2)18(12-15(16)19)10-9-17(3)11-14-7-5-4-6-8-14/h4-8,13H,9-12H2,1-3H3,(H2,16,19). The van der Waals surface area contributed by atoms with Crippen molar-refractivity contribution in [2.45, 2.75) is 26.4 Å². The number of benzene rings is 1. The van der Waals surface area contributed by atoms with Crippen LogP contribution < -0.4 is 5.73 Å². The summed E-state index contributed by atoms with van der Waals surface area (Å²) >= 11 is 0. The van der Waals surface area contributed by atoms with E-state index in [9.17, 15) is 4.79 Å². The van der Waals surface area contributed by atoms with Gasteiger partial charge in [0, 0.05) is 25.7 Å². The molecule has 1 amide bonds. The third kappa shape index (κ3) is 6.36. The van der Waals surface area contributed by atoms with Crippen LogP contribution in [0.4, 0.5) is 0 Å². The Labute approximate surface area is 116 Å². The maximum absolute atomic E-state index is 11.0. The predicted molar refractivity (Wildman–Crippen MR) is 78.7 cm³/mol. The van der Waals surface area contributed by atoms with Crippen LogP contribution in [0.2, 0.25) is 0 Å². The molecule has 0 radical (unpaired) electrons. The number of hydrogen-bond acceptors (Lipinski definition) is 3. The summed E-state index contributed by atoms with van der Waals surface area (Å²) in [5.74, 6) is -0.264. The zero-order chi connectivity index (χ0) is 14.3. The summed E-state index contributed by atoms with van der Waals surface area (Å²) in [7, 11) is 2.09. The van der Waals surface area contributed by atoms with Gasteiger partial charge in [-0.3, -0.25) is 9.69 Å². The first-order chi connectivity index (χ1) is 8.99. The van der Waals surface area contributed by atoms with Crippen LogP contribution in [0.25, 0.3) is 0 Å². The van der Waals surface area contributed by atoms with Crippen molar-refractivity contribution in [3.05, 3.63) is 35.9 Å². The number of rotatable bonds is 8. The number of likely N-dealkylation sites (N-methyl/N-ethyl adjacent to an activating group) is 1. The number of nitrogens with two attached hydrogens (primary N) is 1. The van der Waals surface area contributed by atoms with Gasteiger partial charge in [-0.15, -0.1) is 0 Å². The maximum Gasteiger partial charge on any atom is 0.231 e. The van der Waals surface area contributed by atoms with Crippen molar-refractivity contribution in [3.63, 3.8) is 0 Å². The SMILES string of the molecule is CC(C)N(CCN(C)Cc1ccccc1)CC(N)=O. The summed E-state index contributed by atoms with van der Waals surface area (Å²) < 4.78 is 0. The molecule has 0 aliphatic rings. The van der Waals surface area contributed by atoms with Gasteiger partial charge < -0.3 is 10.6 Å². The molecule has 0 unspecified atom stereocenters. The zero-order valence-corrected chi connectivity index (χ0v) is 12.2. The monoisotopic (exact) mass is 263 g/mol. The van der Waals surface area contributed by atoms with Crippen molar-refractivity contribution < 1.29 is 4.79 Å². The summed E-state index contributed by atoms with van der Waals surface area (Å²) in [6.07, 6.45) is 0. The lowest BCUT2D eigenvalue weighted by Crippen LogP contribution is -2.42. The highest BCUT2D eigenvalue weighted by Gasteiger charge is 2.12. The number of hydrogen-bond donors (Lipinski definition) is 1. The van der Waals surface area contributed by atoms with Crippen molar-refractivity contribution in [1.82, 2.24) is 9.80 Å². The Morgan fingerprint density at radius 3 is 2.37 bits per heavy atom. The summed E-state index contributed by atoms with van der Waals surface area (Å²) in [6, 6.07) is 10.7. The Bertz CT molecular complexity index is 378. The van der Waals surface area contributed by atoms with E-state index in [1.54, 1.807) is 0 Å². The average Bonchev–Trinajstić information content (AvgIpc) is 2.35. The van der Waals surface area contributed by atoms with Gasteiger partial charge in [0.25, 0.3) is 0 Å². The molecular weight excluding hydrogens is 238 g/mol.